The van der Waals surface area contributed by atoms with Gasteiger partial charge in [0, 0.05) is 12.8 Å². The number of ether oxygens (including phenoxy) is 1. The van der Waals surface area contributed by atoms with Gasteiger partial charge in [0.25, 0.3) is 7.82 Å². The monoisotopic (exact) mass is 1140 g/mol. The third-order valence-electron chi connectivity index (χ3n) is 14.6. The van der Waals surface area contributed by atoms with Crippen molar-refractivity contribution in [2.24, 2.45) is 0 Å². The lowest BCUT2D eigenvalue weighted by molar-refractivity contribution is -0.870. The highest BCUT2D eigenvalue weighted by atomic mass is 31.2. The number of allylic oxidation sites excluding steroid dienone is 13. The van der Waals surface area contributed by atoms with Crippen LogP contribution >= 0.6 is 7.82 Å². The van der Waals surface area contributed by atoms with E-state index in [1.165, 1.54) is 148 Å². The van der Waals surface area contributed by atoms with Gasteiger partial charge < -0.3 is 28.5 Å². The summed E-state index contributed by atoms with van der Waals surface area (Å²) in [5.74, 6) is -0.551. The minimum Gasteiger partial charge on any atom is -0.756 e. The molecule has 1 amide bonds. The smallest absolute Gasteiger partial charge is 0.306 e. The number of rotatable bonds is 60. The first-order chi connectivity index (χ1) is 38.9. The predicted octanol–water partition coefficient (Wildman–Crippen LogP) is 20.3. The Labute approximate surface area is 495 Å². The van der Waals surface area contributed by atoms with Crippen molar-refractivity contribution < 1.29 is 37.3 Å². The number of phosphoric acid groups is 1. The Balaban J connectivity index is 5.06. The van der Waals surface area contributed by atoms with Gasteiger partial charge in [-0.15, -0.1) is 0 Å². The van der Waals surface area contributed by atoms with Crippen molar-refractivity contribution in [2.75, 3.05) is 40.9 Å². The number of carbonyl (C=O) groups excluding carboxylic acids is 2. The Morgan fingerprint density at radius 1 is 0.450 bits per heavy atom. The summed E-state index contributed by atoms with van der Waals surface area (Å²) in [7, 11) is 1.18. The van der Waals surface area contributed by atoms with Crippen molar-refractivity contribution in [3.63, 3.8) is 0 Å². The second-order valence-corrected chi connectivity index (χ2v) is 25.0. The van der Waals surface area contributed by atoms with Crippen molar-refractivity contribution in [1.29, 1.82) is 0 Å². The molecule has 0 spiro atoms. The molecular formula is C70H127N2O7P. The van der Waals surface area contributed by atoms with Crippen molar-refractivity contribution in [2.45, 2.75) is 309 Å². The van der Waals surface area contributed by atoms with E-state index in [-0.39, 0.29) is 24.9 Å². The van der Waals surface area contributed by atoms with E-state index >= 15 is 0 Å². The first-order valence-electron chi connectivity index (χ1n) is 33.4. The molecule has 0 saturated heterocycles. The molecule has 0 aromatic heterocycles. The number of hydrogen-bond donors (Lipinski definition) is 1. The molecule has 0 aliphatic heterocycles. The van der Waals surface area contributed by atoms with E-state index in [9.17, 15) is 19.0 Å². The normalized spacial score (nSPS) is 14.1. The van der Waals surface area contributed by atoms with Gasteiger partial charge in [0.05, 0.1) is 33.8 Å². The molecule has 0 aromatic carbocycles. The maximum Gasteiger partial charge on any atom is 0.306 e. The Kier molecular flexibility index (Phi) is 57.3. The molecule has 1 N–H and O–H groups in total. The quantitative estimate of drug-likeness (QED) is 0.0212. The maximum atomic E-state index is 13.5. The van der Waals surface area contributed by atoms with Crippen LogP contribution in [0.2, 0.25) is 0 Å². The molecular weight excluding hydrogens is 1010 g/mol. The average Bonchev–Trinajstić information content (AvgIpc) is 3.43. The molecule has 0 saturated carbocycles. The predicted molar refractivity (Wildman–Crippen MR) is 344 cm³/mol. The van der Waals surface area contributed by atoms with Gasteiger partial charge in [0.15, 0.2) is 0 Å². The highest BCUT2D eigenvalue weighted by Gasteiger charge is 2.27. The number of quaternary nitrogens is 1. The SMILES string of the molecule is CC/C=C\C/C=C\C/C=C\C/C=C\C/C=C\CCCCCCCCCCCCCC(=O)OC(/C=C\CCCCCCCCCCC)C(COP(=O)([O-])OCC[N+](C)(C)C)NC(=O)CCCCCCC/C=C/CCCCCCCCC. The summed E-state index contributed by atoms with van der Waals surface area (Å²) in [5.41, 5.74) is 0. The van der Waals surface area contributed by atoms with Crippen molar-refractivity contribution in [1.82, 2.24) is 5.32 Å². The van der Waals surface area contributed by atoms with E-state index in [0.717, 1.165) is 116 Å². The summed E-state index contributed by atoms with van der Waals surface area (Å²) in [5, 5.41) is 3.03. The summed E-state index contributed by atoms with van der Waals surface area (Å²) in [4.78, 5) is 40.0. The summed E-state index contributed by atoms with van der Waals surface area (Å²) < 4.78 is 30.3. The van der Waals surface area contributed by atoms with Gasteiger partial charge in [-0.1, -0.05) is 267 Å². The molecule has 3 atom stereocenters. The van der Waals surface area contributed by atoms with E-state index in [4.69, 9.17) is 13.8 Å². The standard InChI is InChI=1S/C70H127N2O7P/c1-7-10-13-16-19-22-25-27-29-31-32-33-34-35-36-37-38-39-40-41-43-45-48-51-54-57-60-63-70(74)79-68(61-58-55-52-49-46-24-21-18-15-12-9-3)67(66-78-80(75,76)77-65-64-72(4,5)6)71-69(73)62-59-56-53-50-47-44-42-30-28-26-23-20-17-14-11-8-2/h10,13,19,22,27,29-30,32-33,35-36,42,58,61,67-68H,7-9,11-12,14-18,20-21,23-26,28,31,34,37-41,43-57,59-60,62-66H2,1-6H3,(H-,71,73,75,76)/b13-10-,22-19-,29-27-,33-32-,36-35-,42-30+,61-58-. The number of likely N-dealkylation sites (N-methyl/N-ethyl adjacent to an activating group) is 1. The van der Waals surface area contributed by atoms with E-state index in [1.54, 1.807) is 0 Å². The molecule has 0 aliphatic rings. The van der Waals surface area contributed by atoms with Crippen LogP contribution in [0, 0.1) is 0 Å². The number of nitrogens with one attached hydrogen (secondary N) is 1. The summed E-state index contributed by atoms with van der Waals surface area (Å²) in [6.07, 6.45) is 78.4. The minimum absolute atomic E-state index is 0.0264. The van der Waals surface area contributed by atoms with Crippen LogP contribution in [0.25, 0.3) is 0 Å². The van der Waals surface area contributed by atoms with Gasteiger partial charge in [0.2, 0.25) is 5.91 Å². The zero-order valence-corrected chi connectivity index (χ0v) is 53.9. The zero-order chi connectivity index (χ0) is 58.6. The van der Waals surface area contributed by atoms with Crippen molar-refractivity contribution in [3.05, 3.63) is 85.1 Å². The van der Waals surface area contributed by atoms with Crippen LogP contribution in [0.3, 0.4) is 0 Å². The molecule has 0 aliphatic carbocycles. The number of carbonyl (C=O) groups is 2. The molecule has 9 nitrogen and oxygen atoms in total. The molecule has 10 heteroatoms. The second-order valence-electron chi connectivity index (χ2n) is 23.6. The zero-order valence-electron chi connectivity index (χ0n) is 53.0. The van der Waals surface area contributed by atoms with Crippen LogP contribution in [0.5, 0.6) is 0 Å². The third-order valence-corrected chi connectivity index (χ3v) is 15.5. The topological polar surface area (TPSA) is 114 Å². The molecule has 0 bridgehead atoms. The fraction of sp³-hybridized carbons (Fsp3) is 0.771. The molecule has 0 radical (unpaired) electrons. The Morgan fingerprint density at radius 3 is 1.21 bits per heavy atom. The van der Waals surface area contributed by atoms with E-state index in [2.05, 4.69) is 99.0 Å². The molecule has 80 heavy (non-hydrogen) atoms. The lowest BCUT2D eigenvalue weighted by Gasteiger charge is -2.30. The molecule has 464 valence electrons. The first-order valence-corrected chi connectivity index (χ1v) is 34.9. The average molecular weight is 1140 g/mol. The molecule has 3 unspecified atom stereocenters. The Hall–Kier alpha value is -2.81. The van der Waals surface area contributed by atoms with Crippen molar-refractivity contribution in [3.8, 4) is 0 Å². The number of unbranched alkanes of at least 4 members (excludes halogenated alkanes) is 32. The van der Waals surface area contributed by atoms with Crippen LogP contribution in [-0.2, 0) is 27.9 Å². The second kappa shape index (κ2) is 59.4. The number of esters is 1. The van der Waals surface area contributed by atoms with Crippen LogP contribution in [0.1, 0.15) is 297 Å². The van der Waals surface area contributed by atoms with Crippen molar-refractivity contribution >= 4 is 19.7 Å². The fourth-order valence-corrected chi connectivity index (χ4v) is 10.1. The van der Waals surface area contributed by atoms with Crippen LogP contribution in [0.4, 0.5) is 0 Å². The van der Waals surface area contributed by atoms with Gasteiger partial charge in [0.1, 0.15) is 19.3 Å². The molecule has 0 fully saturated rings. The fourth-order valence-electron chi connectivity index (χ4n) is 9.43. The van der Waals surface area contributed by atoms with Crippen LogP contribution < -0.4 is 10.2 Å². The highest BCUT2D eigenvalue weighted by molar-refractivity contribution is 7.45. The van der Waals surface area contributed by atoms with E-state index < -0.39 is 26.6 Å². The van der Waals surface area contributed by atoms with E-state index in [1.807, 2.05) is 33.3 Å². The van der Waals surface area contributed by atoms with Crippen LogP contribution in [0.15, 0.2) is 85.1 Å². The van der Waals surface area contributed by atoms with Crippen LogP contribution in [-0.4, -0.2) is 69.4 Å². The Bertz CT molecular complexity index is 1640. The highest BCUT2D eigenvalue weighted by Crippen LogP contribution is 2.38. The van der Waals surface area contributed by atoms with Gasteiger partial charge in [-0.25, -0.2) is 0 Å². The molecule has 0 heterocycles. The number of amides is 1. The summed E-state index contributed by atoms with van der Waals surface area (Å²) in [6.45, 7) is 6.73. The third kappa shape index (κ3) is 59.8. The number of nitrogens with zero attached hydrogens (tertiary/aromatic N) is 1. The summed E-state index contributed by atoms with van der Waals surface area (Å²) in [6, 6.07) is -0.896. The molecule has 0 rings (SSSR count). The minimum atomic E-state index is -4.70. The van der Waals surface area contributed by atoms with Gasteiger partial charge in [-0.3, -0.25) is 14.2 Å². The Morgan fingerprint density at radius 2 is 0.800 bits per heavy atom. The van der Waals surface area contributed by atoms with Gasteiger partial charge >= 0.3 is 5.97 Å². The van der Waals surface area contributed by atoms with Gasteiger partial charge in [-0.05, 0) is 102 Å². The summed E-state index contributed by atoms with van der Waals surface area (Å²) >= 11 is 0. The first kappa shape index (κ1) is 77.2. The lowest BCUT2D eigenvalue weighted by atomic mass is 10.0. The van der Waals surface area contributed by atoms with Gasteiger partial charge in [-0.2, -0.15) is 0 Å². The maximum absolute atomic E-state index is 13.5. The number of phosphoric ester groups is 1. The lowest BCUT2D eigenvalue weighted by Crippen LogP contribution is -2.47. The number of hydrogen-bond acceptors (Lipinski definition) is 7. The molecule has 0 aromatic rings. The van der Waals surface area contributed by atoms with E-state index in [0.29, 0.717) is 17.4 Å². The largest absolute Gasteiger partial charge is 0.756 e.